The lowest BCUT2D eigenvalue weighted by Gasteiger charge is -2.50. The number of phenolic OH excluding ortho intramolecular Hbond substituents is 1. The average Bonchev–Trinajstić information content (AvgIpc) is 3.50. The largest absolute Gasteiger partial charge is 0.510 e. The molecule has 40 heavy (non-hydrogen) atoms. The topological polar surface area (TPSA) is 173 Å². The summed E-state index contributed by atoms with van der Waals surface area (Å²) in [6, 6.07) is 0.406. The molecule has 2 bridgehead atoms. The zero-order valence-corrected chi connectivity index (χ0v) is 22.4. The second kappa shape index (κ2) is 9.12. The Morgan fingerprint density at radius 2 is 1.90 bits per heavy atom. The zero-order chi connectivity index (χ0) is 28.8. The molecule has 2 fully saturated rings. The van der Waals surface area contributed by atoms with Crippen molar-refractivity contribution in [3.8, 4) is 5.75 Å². The summed E-state index contributed by atoms with van der Waals surface area (Å²) in [5, 5.41) is 48.1. The molecular formula is C29H34FN3O7. The Kier molecular flexibility index (Phi) is 6.14. The Bertz CT molecular complexity index is 1420. The molecule has 214 valence electrons. The van der Waals surface area contributed by atoms with Crippen LogP contribution >= 0.6 is 0 Å². The fourth-order valence-corrected chi connectivity index (χ4v) is 8.22. The second-order valence-corrected chi connectivity index (χ2v) is 12.3. The number of carbonyl (C=O) groups excluding carboxylic acids is 3. The highest BCUT2D eigenvalue weighted by molar-refractivity contribution is 6.24. The number of fused-ring (bicyclic) bond motifs is 5. The number of primary amides is 1. The number of ketones is 2. The van der Waals surface area contributed by atoms with Gasteiger partial charge in [-0.1, -0.05) is 6.42 Å². The molecule has 2 saturated carbocycles. The lowest BCUT2D eigenvalue weighted by atomic mass is 9.58. The minimum Gasteiger partial charge on any atom is -0.510 e. The molecule has 0 saturated heterocycles. The highest BCUT2D eigenvalue weighted by Crippen LogP contribution is 2.52. The molecule has 0 radical (unpaired) electrons. The number of amides is 1. The number of allylic oxidation sites excluding steroid dienone is 1. The summed E-state index contributed by atoms with van der Waals surface area (Å²) >= 11 is 0. The number of aromatic hydroxyl groups is 1. The van der Waals surface area contributed by atoms with Crippen LogP contribution < -0.4 is 11.1 Å². The number of nitrogens with one attached hydrogen (secondary N) is 1. The van der Waals surface area contributed by atoms with E-state index in [1.165, 1.54) is 23.8 Å². The second-order valence-electron chi connectivity index (χ2n) is 12.3. The molecule has 5 aliphatic carbocycles. The summed E-state index contributed by atoms with van der Waals surface area (Å²) < 4.78 is 15.9. The molecule has 0 heterocycles. The summed E-state index contributed by atoms with van der Waals surface area (Å²) in [4.78, 5) is 40.5. The number of nitrogens with two attached hydrogens (primary N) is 1. The van der Waals surface area contributed by atoms with E-state index in [9.17, 15) is 34.8 Å². The first-order chi connectivity index (χ1) is 18.9. The number of phenols is 1. The highest BCUT2D eigenvalue weighted by atomic mass is 19.1. The summed E-state index contributed by atoms with van der Waals surface area (Å²) in [5.41, 5.74) is 1.39. The number of rotatable bonds is 5. The molecule has 6 rings (SSSR count). The van der Waals surface area contributed by atoms with Crippen molar-refractivity contribution in [2.24, 2.45) is 29.4 Å². The van der Waals surface area contributed by atoms with Crippen LogP contribution in [0.4, 0.5) is 4.39 Å². The molecule has 5 aliphatic rings. The maximum absolute atomic E-state index is 15.9. The van der Waals surface area contributed by atoms with Gasteiger partial charge in [0.25, 0.3) is 5.91 Å². The van der Waals surface area contributed by atoms with Crippen LogP contribution in [0.5, 0.6) is 5.75 Å². The third kappa shape index (κ3) is 3.60. The molecule has 7 atom stereocenters. The number of hydrogen-bond acceptors (Lipinski definition) is 9. The van der Waals surface area contributed by atoms with E-state index in [2.05, 4.69) is 5.32 Å². The van der Waals surface area contributed by atoms with Crippen LogP contribution in [-0.2, 0) is 22.6 Å². The predicted octanol–water partition coefficient (Wildman–Crippen LogP) is 1.54. The number of hydrogen-bond donors (Lipinski definition) is 6. The van der Waals surface area contributed by atoms with Crippen LogP contribution in [0, 0.1) is 29.5 Å². The normalized spacial score (nSPS) is 34.8. The number of likely N-dealkylation sites (N-methyl/N-ethyl adjacent to an activating group) is 1. The number of benzene rings is 1. The number of carbonyl (C=O) groups is 3. The third-order valence-electron chi connectivity index (χ3n) is 10.0. The lowest BCUT2D eigenvalue weighted by Crippen LogP contribution is -2.63. The first-order valence-corrected chi connectivity index (χ1v) is 13.8. The standard InChI is InChI=1S/C29H34FN3O7/c1-33(2)23-16-8-13-7-15-20(18(34)9-14(22(15)30)10-32-17-6-11-3-4-12(17)5-11)24(35)19(13)26(37)29(16,40)27(38)21(25(23)36)28(31)39/h9,11-13,16-17,23,32,34,36-37,40H,3-8,10H2,1-2H3,(H2,31,39)/t11?,12?,13-,16-,17+,23-,29-/m0/s1. The van der Waals surface area contributed by atoms with Gasteiger partial charge in [0.1, 0.15) is 28.7 Å². The van der Waals surface area contributed by atoms with Crippen LogP contribution in [0.1, 0.15) is 53.6 Å². The van der Waals surface area contributed by atoms with Crippen molar-refractivity contribution >= 4 is 17.5 Å². The highest BCUT2D eigenvalue weighted by Gasteiger charge is 2.63. The summed E-state index contributed by atoms with van der Waals surface area (Å²) in [5.74, 6) is -6.85. The van der Waals surface area contributed by atoms with Gasteiger partial charge >= 0.3 is 0 Å². The van der Waals surface area contributed by atoms with E-state index in [1.807, 2.05) is 0 Å². The van der Waals surface area contributed by atoms with Gasteiger partial charge in [0.15, 0.2) is 11.4 Å². The number of aliphatic hydroxyl groups is 3. The molecular weight excluding hydrogens is 521 g/mol. The van der Waals surface area contributed by atoms with Crippen molar-refractivity contribution in [2.75, 3.05) is 14.1 Å². The van der Waals surface area contributed by atoms with Gasteiger partial charge in [0.2, 0.25) is 5.78 Å². The van der Waals surface area contributed by atoms with Gasteiger partial charge in [-0.15, -0.1) is 0 Å². The van der Waals surface area contributed by atoms with Crippen molar-refractivity contribution in [1.82, 2.24) is 10.2 Å². The van der Waals surface area contributed by atoms with Gasteiger partial charge in [-0.2, -0.15) is 0 Å². The minimum absolute atomic E-state index is 0.0165. The molecule has 11 heteroatoms. The van der Waals surface area contributed by atoms with E-state index in [0.717, 1.165) is 12.8 Å². The molecule has 0 spiro atoms. The van der Waals surface area contributed by atoms with Crippen molar-refractivity contribution < 1.29 is 39.2 Å². The summed E-state index contributed by atoms with van der Waals surface area (Å²) in [6.07, 6.45) is 4.46. The zero-order valence-electron chi connectivity index (χ0n) is 22.4. The maximum atomic E-state index is 15.9. The SMILES string of the molecule is CN(C)[C@@H]1C(O)=C(C(N)=O)C(=O)[C@@]2(O)C(O)=C3C(=O)c4c(O)cc(CN[C@@H]5CC6CCC5C6)c(F)c4C[C@H]3C[C@@H]12. The van der Waals surface area contributed by atoms with Gasteiger partial charge in [-0.3, -0.25) is 19.3 Å². The fraction of sp³-hybridized carbons (Fsp3) is 0.552. The van der Waals surface area contributed by atoms with Crippen LogP contribution in [0.15, 0.2) is 28.7 Å². The Morgan fingerprint density at radius 3 is 2.50 bits per heavy atom. The molecule has 1 aromatic carbocycles. The first-order valence-electron chi connectivity index (χ1n) is 13.8. The number of nitrogens with zero attached hydrogens (tertiary/aromatic N) is 1. The van der Waals surface area contributed by atoms with Crippen molar-refractivity contribution in [3.63, 3.8) is 0 Å². The van der Waals surface area contributed by atoms with Gasteiger partial charge in [0.05, 0.1) is 11.6 Å². The van der Waals surface area contributed by atoms with Crippen LogP contribution in [-0.4, -0.2) is 74.6 Å². The van der Waals surface area contributed by atoms with Crippen molar-refractivity contribution in [1.29, 1.82) is 0 Å². The Balaban J connectivity index is 1.39. The van der Waals surface area contributed by atoms with E-state index >= 15 is 4.39 Å². The fourth-order valence-electron chi connectivity index (χ4n) is 8.22. The van der Waals surface area contributed by atoms with E-state index in [0.29, 0.717) is 17.9 Å². The van der Waals surface area contributed by atoms with Crippen LogP contribution in [0.25, 0.3) is 0 Å². The van der Waals surface area contributed by atoms with E-state index in [1.54, 1.807) is 14.1 Å². The number of halogens is 1. The molecule has 10 nitrogen and oxygen atoms in total. The summed E-state index contributed by atoms with van der Waals surface area (Å²) in [6.45, 7) is 0.196. The number of Topliss-reactive ketones (excluding diaryl/α,β-unsaturated/α-hetero) is 2. The Hall–Kier alpha value is -3.28. The first kappa shape index (κ1) is 26.9. The molecule has 7 N–H and O–H groups in total. The molecule has 0 aromatic heterocycles. The predicted molar refractivity (Wildman–Crippen MR) is 140 cm³/mol. The smallest absolute Gasteiger partial charge is 0.255 e. The van der Waals surface area contributed by atoms with Crippen molar-refractivity contribution in [2.45, 2.75) is 62.8 Å². The minimum atomic E-state index is -2.72. The van der Waals surface area contributed by atoms with E-state index < -0.39 is 69.6 Å². The third-order valence-corrected chi connectivity index (χ3v) is 10.0. The van der Waals surface area contributed by atoms with Crippen molar-refractivity contribution in [3.05, 3.63) is 51.2 Å². The van der Waals surface area contributed by atoms with E-state index in [-0.39, 0.29) is 41.6 Å². The monoisotopic (exact) mass is 555 g/mol. The van der Waals surface area contributed by atoms with Crippen LogP contribution in [0.2, 0.25) is 0 Å². The van der Waals surface area contributed by atoms with Gasteiger partial charge in [-0.25, -0.2) is 4.39 Å². The van der Waals surface area contributed by atoms with Crippen LogP contribution in [0.3, 0.4) is 0 Å². The quantitative estimate of drug-likeness (QED) is 0.295. The Labute approximate surface area is 230 Å². The summed E-state index contributed by atoms with van der Waals surface area (Å²) in [7, 11) is 3.11. The van der Waals surface area contributed by atoms with Gasteiger partial charge in [-0.05, 0) is 70.0 Å². The van der Waals surface area contributed by atoms with E-state index in [4.69, 9.17) is 5.73 Å². The molecule has 1 amide bonds. The molecule has 1 aromatic rings. The van der Waals surface area contributed by atoms with Gasteiger partial charge in [0, 0.05) is 35.2 Å². The molecule has 2 unspecified atom stereocenters. The van der Waals surface area contributed by atoms with Gasteiger partial charge < -0.3 is 31.5 Å². The average molecular weight is 556 g/mol. The number of aliphatic hydroxyl groups excluding tert-OH is 2. The Morgan fingerprint density at radius 1 is 1.18 bits per heavy atom. The lowest BCUT2D eigenvalue weighted by molar-refractivity contribution is -0.148. The molecule has 0 aliphatic heterocycles. The maximum Gasteiger partial charge on any atom is 0.255 e.